The van der Waals surface area contributed by atoms with Crippen molar-refractivity contribution in [3.05, 3.63) is 65.2 Å². The Morgan fingerprint density at radius 1 is 1.04 bits per heavy atom. The van der Waals surface area contributed by atoms with Crippen molar-refractivity contribution >= 4 is 11.6 Å². The normalized spacial score (nSPS) is 11.9. The minimum Gasteiger partial charge on any atom is -0.293 e. The van der Waals surface area contributed by atoms with E-state index in [4.69, 9.17) is 0 Å². The van der Waals surface area contributed by atoms with Crippen LogP contribution in [0.15, 0.2) is 36.4 Å². The van der Waals surface area contributed by atoms with Crippen LogP contribution in [-0.2, 0) is 4.79 Å². The van der Waals surface area contributed by atoms with E-state index in [0.717, 1.165) is 5.56 Å². The number of hydrazine groups is 1. The summed E-state index contributed by atoms with van der Waals surface area (Å²) >= 11 is 0. The smallest absolute Gasteiger partial charge is 0.245 e. The van der Waals surface area contributed by atoms with Crippen molar-refractivity contribution in [3.63, 3.8) is 0 Å². The van der Waals surface area contributed by atoms with E-state index in [1.807, 2.05) is 12.3 Å². The van der Waals surface area contributed by atoms with Crippen LogP contribution in [0, 0.1) is 23.3 Å². The second-order valence-corrected chi connectivity index (χ2v) is 5.21. The van der Waals surface area contributed by atoms with Gasteiger partial charge in [0.2, 0.25) is 5.91 Å². The summed E-state index contributed by atoms with van der Waals surface area (Å²) in [6, 6.07) is 8.93. The molecule has 24 heavy (non-hydrogen) atoms. The number of amides is 1. The van der Waals surface area contributed by atoms with Crippen molar-refractivity contribution in [1.82, 2.24) is 5.43 Å². The summed E-state index contributed by atoms with van der Waals surface area (Å²) in [5.41, 5.74) is 3.71. The molecule has 3 nitrogen and oxygen atoms in total. The molecular weight excluding hydrogens is 324 g/mol. The van der Waals surface area contributed by atoms with Crippen molar-refractivity contribution in [2.75, 3.05) is 5.43 Å². The van der Waals surface area contributed by atoms with Gasteiger partial charge in [0.1, 0.15) is 5.69 Å². The molecule has 0 saturated carbocycles. The number of hydrogen-bond donors (Lipinski definition) is 2. The maximum Gasteiger partial charge on any atom is 0.245 e. The second kappa shape index (κ2) is 7.81. The van der Waals surface area contributed by atoms with E-state index in [0.29, 0.717) is 12.8 Å². The molecule has 7 heteroatoms. The molecule has 2 rings (SSSR count). The molecule has 2 aromatic rings. The number of carbonyl (C=O) groups is 1. The van der Waals surface area contributed by atoms with Gasteiger partial charge in [0.15, 0.2) is 23.3 Å². The van der Waals surface area contributed by atoms with Crippen molar-refractivity contribution < 1.29 is 22.4 Å². The van der Waals surface area contributed by atoms with E-state index < -0.39 is 40.8 Å². The van der Waals surface area contributed by atoms with Gasteiger partial charge in [-0.1, -0.05) is 43.7 Å². The monoisotopic (exact) mass is 340 g/mol. The van der Waals surface area contributed by atoms with Gasteiger partial charge in [0.05, 0.1) is 5.92 Å². The largest absolute Gasteiger partial charge is 0.293 e. The summed E-state index contributed by atoms with van der Waals surface area (Å²) in [7, 11) is 0. The topological polar surface area (TPSA) is 41.1 Å². The summed E-state index contributed by atoms with van der Waals surface area (Å²) < 4.78 is 53.4. The molecule has 0 bridgehead atoms. The molecule has 0 aliphatic rings. The molecule has 0 heterocycles. The highest BCUT2D eigenvalue weighted by Crippen LogP contribution is 2.25. The van der Waals surface area contributed by atoms with Gasteiger partial charge in [-0.25, -0.2) is 17.6 Å². The first-order valence-electron chi connectivity index (χ1n) is 7.39. The maximum absolute atomic E-state index is 13.6. The lowest BCUT2D eigenvalue weighted by molar-refractivity contribution is -0.122. The Morgan fingerprint density at radius 3 is 2.17 bits per heavy atom. The van der Waals surface area contributed by atoms with Crippen LogP contribution in [0.1, 0.15) is 31.2 Å². The quantitative estimate of drug-likeness (QED) is 0.468. The van der Waals surface area contributed by atoms with Gasteiger partial charge < -0.3 is 0 Å². The predicted octanol–water partition coefficient (Wildman–Crippen LogP) is 4.27. The standard InChI is InChI=1S/C17H16F4N2O/c1-2-6-11(10-7-4-3-5-8-10)17(24)23-22-16-14(20)12(18)9-13(19)15(16)21/h3-5,7-9,11,22H,2,6H2,1H3,(H,23,24)/t11-/m0/s1. The van der Waals surface area contributed by atoms with Crippen LogP contribution in [0.25, 0.3) is 0 Å². The first kappa shape index (κ1) is 17.8. The number of rotatable bonds is 6. The van der Waals surface area contributed by atoms with Gasteiger partial charge in [-0.2, -0.15) is 0 Å². The first-order chi connectivity index (χ1) is 11.5. The maximum atomic E-state index is 13.6. The van der Waals surface area contributed by atoms with E-state index in [1.54, 1.807) is 30.3 Å². The summed E-state index contributed by atoms with van der Waals surface area (Å²) in [6.07, 6.45) is 1.20. The number of carbonyl (C=O) groups excluding carboxylic acids is 1. The number of halogens is 4. The number of benzene rings is 2. The molecular formula is C17H16F4N2O. The fourth-order valence-electron chi connectivity index (χ4n) is 2.32. The lowest BCUT2D eigenvalue weighted by Gasteiger charge is -2.18. The average Bonchev–Trinajstić information content (AvgIpc) is 2.58. The van der Waals surface area contributed by atoms with Crippen LogP contribution >= 0.6 is 0 Å². The number of anilines is 1. The Labute approximate surface area is 136 Å². The molecule has 0 spiro atoms. The first-order valence-corrected chi connectivity index (χ1v) is 7.39. The fraction of sp³-hybridized carbons (Fsp3) is 0.235. The van der Waals surface area contributed by atoms with Crippen LogP contribution in [0.2, 0.25) is 0 Å². The zero-order valence-electron chi connectivity index (χ0n) is 12.9. The molecule has 128 valence electrons. The van der Waals surface area contributed by atoms with Crippen molar-refractivity contribution in [2.24, 2.45) is 0 Å². The molecule has 0 aliphatic heterocycles. The van der Waals surface area contributed by atoms with Gasteiger partial charge in [-0.15, -0.1) is 0 Å². The van der Waals surface area contributed by atoms with Gasteiger partial charge in [0, 0.05) is 6.07 Å². The Kier molecular flexibility index (Phi) is 5.78. The highest BCUT2D eigenvalue weighted by atomic mass is 19.2. The third-order valence-electron chi connectivity index (χ3n) is 3.52. The Balaban J connectivity index is 2.17. The van der Waals surface area contributed by atoms with Gasteiger partial charge >= 0.3 is 0 Å². The summed E-state index contributed by atoms with van der Waals surface area (Å²) in [5, 5.41) is 0. The van der Waals surface area contributed by atoms with Crippen LogP contribution < -0.4 is 10.9 Å². The average molecular weight is 340 g/mol. The van der Waals surface area contributed by atoms with Gasteiger partial charge in [-0.3, -0.25) is 15.6 Å². The van der Waals surface area contributed by atoms with E-state index in [2.05, 4.69) is 5.43 Å². The van der Waals surface area contributed by atoms with Crippen LogP contribution in [0.3, 0.4) is 0 Å². The summed E-state index contributed by atoms with van der Waals surface area (Å²) in [5.74, 6) is -7.46. The molecule has 0 saturated heterocycles. The van der Waals surface area contributed by atoms with Gasteiger partial charge in [0.25, 0.3) is 0 Å². The Bertz CT molecular complexity index is 696. The lowest BCUT2D eigenvalue weighted by Crippen LogP contribution is -2.35. The van der Waals surface area contributed by atoms with E-state index in [-0.39, 0.29) is 6.07 Å². The lowest BCUT2D eigenvalue weighted by atomic mass is 9.94. The highest BCUT2D eigenvalue weighted by molar-refractivity contribution is 5.84. The van der Waals surface area contributed by atoms with Crippen molar-refractivity contribution in [1.29, 1.82) is 0 Å². The molecule has 0 aromatic heterocycles. The third kappa shape index (κ3) is 3.84. The zero-order valence-corrected chi connectivity index (χ0v) is 12.9. The van der Waals surface area contributed by atoms with Crippen molar-refractivity contribution in [3.8, 4) is 0 Å². The molecule has 1 atom stereocenters. The second-order valence-electron chi connectivity index (χ2n) is 5.21. The summed E-state index contributed by atoms with van der Waals surface area (Å²) in [4.78, 5) is 12.3. The molecule has 0 radical (unpaired) electrons. The molecule has 0 fully saturated rings. The van der Waals surface area contributed by atoms with Crippen molar-refractivity contribution in [2.45, 2.75) is 25.7 Å². The molecule has 2 aromatic carbocycles. The minimum absolute atomic E-state index is 0.0987. The van der Waals surface area contributed by atoms with Crippen LogP contribution in [0.4, 0.5) is 23.2 Å². The Hall–Kier alpha value is -2.57. The molecule has 2 N–H and O–H groups in total. The molecule has 0 aliphatic carbocycles. The number of hydrogen-bond acceptors (Lipinski definition) is 2. The summed E-state index contributed by atoms with van der Waals surface area (Å²) in [6.45, 7) is 1.89. The van der Waals surface area contributed by atoms with Crippen LogP contribution in [-0.4, -0.2) is 5.91 Å². The van der Waals surface area contributed by atoms with E-state index in [9.17, 15) is 22.4 Å². The number of nitrogens with one attached hydrogen (secondary N) is 2. The van der Waals surface area contributed by atoms with E-state index in [1.165, 1.54) is 0 Å². The molecule has 1 amide bonds. The van der Waals surface area contributed by atoms with E-state index >= 15 is 0 Å². The SMILES string of the molecule is CCC[C@H](C(=O)NNc1c(F)c(F)cc(F)c1F)c1ccccc1. The highest BCUT2D eigenvalue weighted by Gasteiger charge is 2.22. The van der Waals surface area contributed by atoms with Crippen LogP contribution in [0.5, 0.6) is 0 Å². The zero-order chi connectivity index (χ0) is 17.7. The predicted molar refractivity (Wildman–Crippen MR) is 82.1 cm³/mol. The fourth-order valence-corrected chi connectivity index (χ4v) is 2.32. The minimum atomic E-state index is -1.61. The Morgan fingerprint density at radius 2 is 1.62 bits per heavy atom. The third-order valence-corrected chi connectivity index (χ3v) is 3.52. The molecule has 0 unspecified atom stereocenters. The van der Waals surface area contributed by atoms with Gasteiger partial charge in [-0.05, 0) is 12.0 Å².